The largest absolute Gasteiger partial charge is 1.00 e. The van der Waals surface area contributed by atoms with E-state index in [1.807, 2.05) is 0 Å². The molecule has 1 aliphatic carbocycles. The molecule has 2 heteroatoms. The van der Waals surface area contributed by atoms with Crippen LogP contribution in [0.3, 0.4) is 0 Å². The number of likely N-dealkylation sites (N-methyl/N-ethyl adjacent to an activating group) is 1. The predicted octanol–water partition coefficient (Wildman–Crippen LogP) is 1.02. The highest BCUT2D eigenvalue weighted by Gasteiger charge is 2.31. The van der Waals surface area contributed by atoms with E-state index in [2.05, 4.69) is 67.1 Å². The van der Waals surface area contributed by atoms with E-state index in [9.17, 15) is 0 Å². The topological polar surface area (TPSA) is 0 Å². The molecule has 2 unspecified atom stereocenters. The van der Waals surface area contributed by atoms with Crippen molar-refractivity contribution < 1.29 is 21.5 Å². The Morgan fingerprint density at radius 3 is 2.33 bits per heavy atom. The molecule has 0 N–H and O–H groups in total. The van der Waals surface area contributed by atoms with Crippen LogP contribution in [0.4, 0.5) is 0 Å². The van der Waals surface area contributed by atoms with E-state index in [1.165, 1.54) is 12.8 Å². The van der Waals surface area contributed by atoms with Gasteiger partial charge < -0.3 is 21.5 Å². The fraction of sp³-hybridized carbons (Fsp3) is 0.750. The lowest BCUT2D eigenvalue weighted by Gasteiger charge is -2.37. The normalized spacial score (nSPS) is 25.5. The van der Waals surface area contributed by atoms with E-state index in [0.29, 0.717) is 17.4 Å². The van der Waals surface area contributed by atoms with Gasteiger partial charge >= 0.3 is 0 Å². The van der Waals surface area contributed by atoms with Crippen molar-refractivity contribution >= 4 is 0 Å². The van der Waals surface area contributed by atoms with Crippen LogP contribution in [0.25, 0.3) is 0 Å². The Balaban J connectivity index is 0.00000289. The molecule has 0 amide bonds. The maximum absolute atomic E-state index is 2.44. The number of rotatable bonds is 3. The monoisotopic (exact) mass is 315 g/mol. The zero-order valence-electron chi connectivity index (χ0n) is 13.1. The lowest BCUT2D eigenvalue weighted by atomic mass is 9.68. The van der Waals surface area contributed by atoms with Crippen molar-refractivity contribution in [3.63, 3.8) is 0 Å². The molecule has 0 aromatic rings. The zero-order valence-corrected chi connectivity index (χ0v) is 14.7. The molecular formula is C16H30BrN. The molecule has 0 aromatic carbocycles. The molecule has 18 heavy (non-hydrogen) atoms. The third kappa shape index (κ3) is 4.55. The second-order valence-corrected chi connectivity index (χ2v) is 7.19. The summed E-state index contributed by atoms with van der Waals surface area (Å²) < 4.78 is 0.992. The first-order chi connectivity index (χ1) is 7.64. The van der Waals surface area contributed by atoms with Gasteiger partial charge in [0.15, 0.2) is 0 Å². The summed E-state index contributed by atoms with van der Waals surface area (Å²) in [5, 5.41) is 0. The van der Waals surface area contributed by atoms with Gasteiger partial charge in [0.05, 0.1) is 21.1 Å². The van der Waals surface area contributed by atoms with Crippen LogP contribution in [0, 0.1) is 11.3 Å². The Hall–Kier alpha value is -0.0800. The first kappa shape index (κ1) is 17.9. The Bertz CT molecular complexity index is 320. The third-order valence-corrected chi connectivity index (χ3v) is 4.39. The number of nitrogens with zero attached hydrogens (tertiary/aromatic N) is 1. The van der Waals surface area contributed by atoms with Gasteiger partial charge in [-0.3, -0.25) is 0 Å². The molecule has 1 nitrogen and oxygen atoms in total. The molecule has 0 bridgehead atoms. The van der Waals surface area contributed by atoms with Crippen LogP contribution in [-0.4, -0.2) is 31.7 Å². The van der Waals surface area contributed by atoms with Crippen molar-refractivity contribution in [3.8, 4) is 0 Å². The lowest BCUT2D eigenvalue weighted by molar-refractivity contribution is -0.887. The summed E-state index contributed by atoms with van der Waals surface area (Å²) in [6.07, 6.45) is 9.80. The number of hydrogen-bond acceptors (Lipinski definition) is 0. The SMILES string of the molecule is CC1=CCCC(C)(C)C1C=CC(C)[N+](C)(C)C.[Br-]. The maximum atomic E-state index is 2.44. The Morgan fingerprint density at radius 2 is 1.89 bits per heavy atom. The van der Waals surface area contributed by atoms with Gasteiger partial charge in [-0.15, -0.1) is 0 Å². The predicted molar refractivity (Wildman–Crippen MR) is 76.9 cm³/mol. The summed E-state index contributed by atoms with van der Waals surface area (Å²) in [6, 6.07) is 0.570. The molecule has 0 aliphatic heterocycles. The lowest BCUT2D eigenvalue weighted by Crippen LogP contribution is -3.00. The van der Waals surface area contributed by atoms with Crippen molar-refractivity contribution in [2.45, 2.75) is 46.6 Å². The van der Waals surface area contributed by atoms with E-state index in [-0.39, 0.29) is 17.0 Å². The summed E-state index contributed by atoms with van der Waals surface area (Å²) in [7, 11) is 6.76. The molecule has 0 radical (unpaired) electrons. The van der Waals surface area contributed by atoms with Crippen LogP contribution in [-0.2, 0) is 0 Å². The van der Waals surface area contributed by atoms with Crippen LogP contribution in [0.15, 0.2) is 23.8 Å². The molecule has 1 aliphatic rings. The molecule has 0 fully saturated rings. The van der Waals surface area contributed by atoms with Crippen molar-refractivity contribution in [2.75, 3.05) is 21.1 Å². The summed E-state index contributed by atoms with van der Waals surface area (Å²) in [6.45, 7) is 9.38. The van der Waals surface area contributed by atoms with Crippen LogP contribution >= 0.6 is 0 Å². The van der Waals surface area contributed by atoms with Gasteiger partial charge in [-0.1, -0.05) is 31.6 Å². The van der Waals surface area contributed by atoms with Gasteiger partial charge in [0.1, 0.15) is 6.04 Å². The van der Waals surface area contributed by atoms with Crippen molar-refractivity contribution in [1.29, 1.82) is 0 Å². The highest BCUT2D eigenvalue weighted by atomic mass is 79.9. The molecule has 0 aromatic heterocycles. The van der Waals surface area contributed by atoms with E-state index < -0.39 is 0 Å². The zero-order chi connectivity index (χ0) is 13.3. The number of allylic oxidation sites excluding steroid dienone is 3. The van der Waals surface area contributed by atoms with E-state index >= 15 is 0 Å². The van der Waals surface area contributed by atoms with Crippen LogP contribution in [0.2, 0.25) is 0 Å². The van der Waals surface area contributed by atoms with Gasteiger partial charge in [-0.2, -0.15) is 0 Å². The fourth-order valence-corrected chi connectivity index (χ4v) is 2.51. The first-order valence-electron chi connectivity index (χ1n) is 6.81. The summed E-state index contributed by atoms with van der Waals surface area (Å²) >= 11 is 0. The Labute approximate surface area is 124 Å². The van der Waals surface area contributed by atoms with Gasteiger partial charge in [0.25, 0.3) is 0 Å². The van der Waals surface area contributed by atoms with E-state index in [1.54, 1.807) is 5.57 Å². The number of quaternary nitrogens is 1. The van der Waals surface area contributed by atoms with E-state index in [0.717, 1.165) is 4.48 Å². The minimum Gasteiger partial charge on any atom is -1.00 e. The summed E-state index contributed by atoms with van der Waals surface area (Å²) in [5.41, 5.74) is 1.96. The third-order valence-electron chi connectivity index (χ3n) is 4.39. The number of hydrogen-bond donors (Lipinski definition) is 0. The Kier molecular flexibility index (Phi) is 6.35. The fourth-order valence-electron chi connectivity index (χ4n) is 2.51. The van der Waals surface area contributed by atoms with Gasteiger partial charge in [0, 0.05) is 5.92 Å². The van der Waals surface area contributed by atoms with Gasteiger partial charge in [0.2, 0.25) is 0 Å². The second-order valence-electron chi connectivity index (χ2n) is 7.19. The smallest absolute Gasteiger partial charge is 0.104 e. The Morgan fingerprint density at radius 1 is 1.33 bits per heavy atom. The molecule has 0 saturated carbocycles. The molecule has 0 spiro atoms. The van der Waals surface area contributed by atoms with Crippen molar-refractivity contribution in [3.05, 3.63) is 23.8 Å². The minimum absolute atomic E-state index is 0. The first-order valence-corrected chi connectivity index (χ1v) is 6.81. The molecule has 1 rings (SSSR count). The standard InChI is InChI=1S/C16H30N.BrH/c1-13-9-8-12-16(3,4)15(13)11-10-14(2)17(5,6)7;/h9-11,14-15H,8,12H2,1-7H3;1H/q+1;/p-1. The maximum Gasteiger partial charge on any atom is 0.104 e. The van der Waals surface area contributed by atoms with Gasteiger partial charge in [-0.25, -0.2) is 0 Å². The van der Waals surface area contributed by atoms with Crippen LogP contribution in [0.1, 0.15) is 40.5 Å². The van der Waals surface area contributed by atoms with Crippen LogP contribution < -0.4 is 17.0 Å². The second kappa shape index (κ2) is 6.38. The molecule has 2 atom stereocenters. The minimum atomic E-state index is 0. The highest BCUT2D eigenvalue weighted by molar-refractivity contribution is 5.19. The van der Waals surface area contributed by atoms with Crippen molar-refractivity contribution in [1.82, 2.24) is 0 Å². The quantitative estimate of drug-likeness (QED) is 0.539. The summed E-state index contributed by atoms with van der Waals surface area (Å²) in [5.74, 6) is 0.616. The number of halogens is 1. The molecular weight excluding hydrogens is 286 g/mol. The average Bonchev–Trinajstić information content (AvgIpc) is 2.14. The summed E-state index contributed by atoms with van der Waals surface area (Å²) in [4.78, 5) is 0. The highest BCUT2D eigenvalue weighted by Crippen LogP contribution is 2.41. The van der Waals surface area contributed by atoms with Crippen molar-refractivity contribution in [2.24, 2.45) is 11.3 Å². The van der Waals surface area contributed by atoms with Gasteiger partial charge in [-0.05, 0) is 38.2 Å². The molecule has 106 valence electrons. The van der Waals surface area contributed by atoms with E-state index in [4.69, 9.17) is 0 Å². The van der Waals surface area contributed by atoms with Crippen LogP contribution in [0.5, 0.6) is 0 Å². The molecule has 0 heterocycles. The molecule has 0 saturated heterocycles. The average molecular weight is 316 g/mol.